The van der Waals surface area contributed by atoms with E-state index >= 15 is 0 Å². The quantitative estimate of drug-likeness (QED) is 0.203. The molecule has 0 unspecified atom stereocenters. The fourth-order valence-corrected chi connectivity index (χ4v) is 3.63. The normalized spacial score (nSPS) is 11.2. The van der Waals surface area contributed by atoms with Gasteiger partial charge in [-0.3, -0.25) is 0 Å². The van der Waals surface area contributed by atoms with Crippen LogP contribution in [0, 0.1) is 0 Å². The van der Waals surface area contributed by atoms with Crippen molar-refractivity contribution in [3.63, 3.8) is 0 Å². The Hall–Kier alpha value is -2.08. The molecule has 12 heteroatoms. The van der Waals surface area contributed by atoms with Gasteiger partial charge in [-0.15, -0.1) is 0 Å². The van der Waals surface area contributed by atoms with Crippen molar-refractivity contribution < 1.29 is 44.3 Å². The minimum Gasteiger partial charge on any atom is -0.460 e. The zero-order valence-corrected chi connectivity index (χ0v) is 14.8. The molecule has 0 rings (SSSR count). The molecule has 24 heavy (non-hydrogen) atoms. The smallest absolute Gasteiger partial charge is 0.374 e. The van der Waals surface area contributed by atoms with E-state index in [0.717, 1.165) is 0 Å². The summed E-state index contributed by atoms with van der Waals surface area (Å²) in [5.41, 5.74) is 0. The Bertz CT molecular complexity index is 640. The number of hydrogen-bond acceptors (Lipinski definition) is 10. The second-order valence-corrected chi connectivity index (χ2v) is 7.36. The average Bonchev–Trinajstić information content (AvgIpc) is 2.45. The molecule has 0 atom stereocenters. The van der Waals surface area contributed by atoms with Gasteiger partial charge in [0.25, 0.3) is 0 Å². The third-order valence-corrected chi connectivity index (χ3v) is 4.62. The van der Waals surface area contributed by atoms with Crippen LogP contribution >= 0.6 is 0 Å². The van der Waals surface area contributed by atoms with Crippen molar-refractivity contribution in [2.45, 2.75) is 13.8 Å². The molecule has 0 fully saturated rings. The van der Waals surface area contributed by atoms with Crippen molar-refractivity contribution in [3.8, 4) is 0 Å². The molecule has 0 aliphatic carbocycles. The van der Waals surface area contributed by atoms with Gasteiger partial charge in [0.15, 0.2) is 0 Å². The van der Waals surface area contributed by atoms with Gasteiger partial charge in [-0.1, -0.05) is 0 Å². The summed E-state index contributed by atoms with van der Waals surface area (Å²) in [6.07, 6.45) is 0. The van der Waals surface area contributed by atoms with Crippen LogP contribution in [0.25, 0.3) is 0 Å². The molecule has 138 valence electrons. The highest BCUT2D eigenvalue weighted by molar-refractivity contribution is 7.90. The van der Waals surface area contributed by atoms with Crippen molar-refractivity contribution in [1.29, 1.82) is 0 Å². The molecule has 0 aliphatic heterocycles. The molecule has 0 aromatic heterocycles. The molecular weight excluding hydrogens is 368 g/mol. The first kappa shape index (κ1) is 21.9. The maximum absolute atomic E-state index is 11.6. The molecule has 0 radical (unpaired) electrons. The molecule has 0 heterocycles. The third kappa shape index (κ3) is 8.53. The van der Waals surface area contributed by atoms with Gasteiger partial charge in [0.05, 0.1) is 13.2 Å². The molecule has 0 N–H and O–H groups in total. The zero-order valence-electron chi connectivity index (χ0n) is 13.1. The van der Waals surface area contributed by atoms with Crippen molar-refractivity contribution in [3.05, 3.63) is 24.7 Å². The monoisotopic (exact) mass is 386 g/mol. The highest BCUT2D eigenvalue weighted by Crippen LogP contribution is 2.09. The predicted molar refractivity (Wildman–Crippen MR) is 81.3 cm³/mol. The van der Waals surface area contributed by atoms with E-state index in [1.165, 1.54) is 13.8 Å². The molecule has 0 saturated heterocycles. The highest BCUT2D eigenvalue weighted by Gasteiger charge is 2.25. The van der Waals surface area contributed by atoms with Crippen LogP contribution in [0.15, 0.2) is 24.7 Å². The Kier molecular flexibility index (Phi) is 8.47. The van der Waals surface area contributed by atoms with Gasteiger partial charge in [-0.05, 0) is 27.0 Å². The van der Waals surface area contributed by atoms with E-state index in [2.05, 4.69) is 31.0 Å². The van der Waals surface area contributed by atoms with Crippen LogP contribution in [0.2, 0.25) is 0 Å². The fourth-order valence-electron chi connectivity index (χ4n) is 1.09. The SMILES string of the molecule is C=C(OS(=O)(=O)CCS(=O)(=O)OC(=C)C(=O)OCC)C(=O)OCC. The second kappa shape index (κ2) is 9.27. The summed E-state index contributed by atoms with van der Waals surface area (Å²) in [5, 5.41) is 0. The largest absolute Gasteiger partial charge is 0.460 e. The van der Waals surface area contributed by atoms with E-state index in [4.69, 9.17) is 0 Å². The van der Waals surface area contributed by atoms with E-state index in [9.17, 15) is 26.4 Å². The van der Waals surface area contributed by atoms with E-state index in [0.29, 0.717) is 0 Å². The van der Waals surface area contributed by atoms with Gasteiger partial charge in [0.2, 0.25) is 11.5 Å². The summed E-state index contributed by atoms with van der Waals surface area (Å²) >= 11 is 0. The minimum atomic E-state index is -4.45. The lowest BCUT2D eigenvalue weighted by Gasteiger charge is -2.10. The number of hydrogen-bond donors (Lipinski definition) is 0. The van der Waals surface area contributed by atoms with E-state index in [1.54, 1.807) is 0 Å². The van der Waals surface area contributed by atoms with Gasteiger partial charge < -0.3 is 17.8 Å². The fraction of sp³-hybridized carbons (Fsp3) is 0.500. The Labute approximate surface area is 140 Å². The number of esters is 2. The van der Waals surface area contributed by atoms with E-state index in [1.807, 2.05) is 0 Å². The Morgan fingerprint density at radius 3 is 1.29 bits per heavy atom. The van der Waals surface area contributed by atoms with Gasteiger partial charge in [-0.2, -0.15) is 16.8 Å². The molecule has 0 aromatic carbocycles. The lowest BCUT2D eigenvalue weighted by Crippen LogP contribution is -2.23. The first-order valence-electron chi connectivity index (χ1n) is 6.50. The van der Waals surface area contributed by atoms with Crippen LogP contribution in [0.3, 0.4) is 0 Å². The zero-order chi connectivity index (χ0) is 19.0. The predicted octanol–water partition coefficient (Wildman–Crippen LogP) is -0.167. The minimum absolute atomic E-state index is 0.0283. The maximum Gasteiger partial charge on any atom is 0.374 e. The first-order valence-corrected chi connectivity index (χ1v) is 9.66. The van der Waals surface area contributed by atoms with Gasteiger partial charge in [-0.25, -0.2) is 9.59 Å². The van der Waals surface area contributed by atoms with Crippen molar-refractivity contribution in [1.82, 2.24) is 0 Å². The lowest BCUT2D eigenvalue weighted by molar-refractivity contribution is -0.141. The van der Waals surface area contributed by atoms with Crippen LogP contribution in [0.1, 0.15) is 13.8 Å². The van der Waals surface area contributed by atoms with Crippen molar-refractivity contribution in [2.24, 2.45) is 0 Å². The number of rotatable bonds is 11. The Morgan fingerprint density at radius 2 is 1.04 bits per heavy atom. The van der Waals surface area contributed by atoms with Gasteiger partial charge >= 0.3 is 32.2 Å². The third-order valence-electron chi connectivity index (χ3n) is 2.04. The number of carbonyl (C=O) groups excluding carboxylic acids is 2. The molecule has 0 aromatic rings. The summed E-state index contributed by atoms with van der Waals surface area (Å²) in [6, 6.07) is 0. The van der Waals surface area contributed by atoms with E-state index < -0.39 is 55.2 Å². The molecule has 0 bridgehead atoms. The molecule has 0 spiro atoms. The summed E-state index contributed by atoms with van der Waals surface area (Å²) in [5.74, 6) is -5.93. The average molecular weight is 386 g/mol. The van der Waals surface area contributed by atoms with Crippen molar-refractivity contribution >= 4 is 32.2 Å². The van der Waals surface area contributed by atoms with Gasteiger partial charge in [0.1, 0.15) is 11.5 Å². The summed E-state index contributed by atoms with van der Waals surface area (Å²) in [4.78, 5) is 22.4. The topological polar surface area (TPSA) is 139 Å². The van der Waals surface area contributed by atoms with Crippen LogP contribution in [-0.2, 0) is 47.7 Å². The maximum atomic E-state index is 11.6. The second-order valence-electron chi connectivity index (χ2n) is 3.98. The van der Waals surface area contributed by atoms with Crippen LogP contribution in [0.5, 0.6) is 0 Å². The summed E-state index contributed by atoms with van der Waals surface area (Å²) in [6.45, 7) is 9.04. The first-order chi connectivity index (χ1) is 10.9. The van der Waals surface area contributed by atoms with E-state index in [-0.39, 0.29) is 13.2 Å². The molecule has 0 aliphatic rings. The Morgan fingerprint density at radius 1 is 0.750 bits per heavy atom. The lowest BCUT2D eigenvalue weighted by atomic mass is 10.6. The van der Waals surface area contributed by atoms with Crippen LogP contribution < -0.4 is 0 Å². The standard InChI is InChI=1S/C12H18O10S2/c1-5-19-11(13)9(3)21-23(15,16)7-8-24(17,18)22-10(4)12(14)20-6-2/h3-8H2,1-2H3. The number of carbonyl (C=O) groups is 2. The molecule has 10 nitrogen and oxygen atoms in total. The van der Waals surface area contributed by atoms with Crippen molar-refractivity contribution in [2.75, 3.05) is 24.7 Å². The van der Waals surface area contributed by atoms with Gasteiger partial charge in [0, 0.05) is 0 Å². The Balaban J connectivity index is 4.69. The molecule has 0 saturated carbocycles. The molecule has 0 amide bonds. The van der Waals surface area contributed by atoms with Crippen LogP contribution in [-0.4, -0.2) is 53.5 Å². The highest BCUT2D eigenvalue weighted by atomic mass is 32.2. The summed E-state index contributed by atoms with van der Waals surface area (Å²) < 4.78 is 63.9. The molecular formula is C12H18O10S2. The number of ether oxygens (including phenoxy) is 2. The van der Waals surface area contributed by atoms with Crippen LogP contribution in [0.4, 0.5) is 0 Å². The summed E-state index contributed by atoms with van der Waals surface area (Å²) in [7, 11) is -8.90.